The van der Waals surface area contributed by atoms with Crippen molar-refractivity contribution < 1.29 is 33.5 Å². The Balaban J connectivity index is 1.24. The Morgan fingerprint density at radius 3 is 2.15 bits per heavy atom. The van der Waals surface area contributed by atoms with Crippen molar-refractivity contribution in [3.05, 3.63) is 159 Å². The number of hydrogen-bond acceptors (Lipinski definition) is 8. The molecular formula is C49H49BINO7Si. The average molecular weight is 930 g/mol. The molecule has 60 heavy (non-hydrogen) atoms. The van der Waals surface area contributed by atoms with Crippen LogP contribution in [0.5, 0.6) is 11.5 Å². The highest BCUT2D eigenvalue weighted by Gasteiger charge is 2.55. The fourth-order valence-electron chi connectivity index (χ4n) is 9.91. The molecule has 11 heteroatoms. The lowest BCUT2D eigenvalue weighted by molar-refractivity contribution is 0.0592. The van der Waals surface area contributed by atoms with Gasteiger partial charge in [-0.2, -0.15) is 0 Å². The molecule has 306 valence electrons. The molecule has 5 aromatic rings. The van der Waals surface area contributed by atoms with Crippen molar-refractivity contribution in [2.75, 3.05) is 13.7 Å². The summed E-state index contributed by atoms with van der Waals surface area (Å²) in [6, 6.07) is 37.6. The fourth-order valence-corrected chi connectivity index (χ4v) is 15.1. The summed E-state index contributed by atoms with van der Waals surface area (Å²) in [5.41, 5.74) is 5.39. The molecule has 0 unspecified atom stereocenters. The van der Waals surface area contributed by atoms with Crippen LogP contribution in [0.2, 0.25) is 11.4 Å². The van der Waals surface area contributed by atoms with Crippen molar-refractivity contribution in [1.29, 1.82) is 0 Å². The molecule has 1 aromatic heterocycles. The number of phenolic OH excluding ortho intramolecular Hbond substituents is 1. The molecule has 3 aliphatic rings. The zero-order valence-electron chi connectivity index (χ0n) is 34.3. The summed E-state index contributed by atoms with van der Waals surface area (Å²) < 4.78 is 20.2. The number of halogens is 1. The number of methoxy groups -OCH3 is 1. The number of carbonyl (C=O) groups is 2. The van der Waals surface area contributed by atoms with Crippen molar-refractivity contribution >= 4 is 71.6 Å². The van der Waals surface area contributed by atoms with Gasteiger partial charge < -0.3 is 23.9 Å². The van der Waals surface area contributed by atoms with E-state index in [1.165, 1.54) is 7.11 Å². The number of ether oxygens (including phenoxy) is 1. The molecule has 0 bridgehead atoms. The number of pyridine rings is 1. The van der Waals surface area contributed by atoms with Crippen molar-refractivity contribution in [2.24, 2.45) is 17.8 Å². The maximum Gasteiger partial charge on any atom is 0.455 e. The van der Waals surface area contributed by atoms with E-state index in [1.807, 2.05) is 54.6 Å². The Hall–Kier alpha value is -4.66. The van der Waals surface area contributed by atoms with Gasteiger partial charge in [-0.1, -0.05) is 112 Å². The molecule has 1 fully saturated rings. The second-order valence-corrected chi connectivity index (χ2v) is 22.5. The van der Waals surface area contributed by atoms with Crippen LogP contribution < -0.4 is 15.1 Å². The van der Waals surface area contributed by atoms with Crippen LogP contribution in [0.25, 0.3) is 11.6 Å². The zero-order chi connectivity index (χ0) is 42.2. The van der Waals surface area contributed by atoms with Crippen LogP contribution in [-0.2, 0) is 9.08 Å². The van der Waals surface area contributed by atoms with E-state index >= 15 is 0 Å². The molecule has 8 nitrogen and oxygen atoms in total. The summed E-state index contributed by atoms with van der Waals surface area (Å²) >= 11 is 2.10. The standard InChI is InChI=1S/C49H49BINO7Si/c1-49(2,3)60(34-15-7-5-8-16-34,35-17-9-6-10-18-35)58-30-33-28-38-45(47(54)37-20-12-11-19-36(37)46(38)53)39-29-50(56)59-42(44(33)39)23-22-32(41-21-13-14-24-52-41)25-31-26-40(51)48(55)43(27-31)57-4/h5-21,24-27,38-39,42,45,55-56H,22-23,28-30H2,1-4H3/b32-25-/t38-,39+,42-,45-/m1/s1. The van der Waals surface area contributed by atoms with E-state index in [2.05, 4.69) is 91.9 Å². The van der Waals surface area contributed by atoms with Gasteiger partial charge >= 0.3 is 7.12 Å². The van der Waals surface area contributed by atoms with Gasteiger partial charge in [0.1, 0.15) is 0 Å². The van der Waals surface area contributed by atoms with Crippen LogP contribution in [0.3, 0.4) is 0 Å². The van der Waals surface area contributed by atoms with Crippen LogP contribution in [0.15, 0.2) is 133 Å². The van der Waals surface area contributed by atoms with Gasteiger partial charge in [-0.3, -0.25) is 14.6 Å². The Bertz CT molecular complexity index is 2420. The van der Waals surface area contributed by atoms with E-state index in [0.29, 0.717) is 39.7 Å². The maximum atomic E-state index is 14.6. The number of fused-ring (bicyclic) bond motifs is 4. The number of aromatic hydroxyl groups is 1. The molecule has 8 rings (SSSR count). The van der Waals surface area contributed by atoms with Crippen molar-refractivity contribution in [2.45, 2.75) is 57.5 Å². The Morgan fingerprint density at radius 1 is 0.900 bits per heavy atom. The molecule has 0 saturated carbocycles. The average Bonchev–Trinajstić information content (AvgIpc) is 3.25. The summed E-state index contributed by atoms with van der Waals surface area (Å²) in [4.78, 5) is 33.8. The Morgan fingerprint density at radius 2 is 1.53 bits per heavy atom. The van der Waals surface area contributed by atoms with Gasteiger partial charge in [0.05, 0.1) is 29.1 Å². The lowest BCUT2D eigenvalue weighted by atomic mass is 9.54. The number of rotatable bonds is 11. The number of phenols is 1. The second kappa shape index (κ2) is 17.4. The van der Waals surface area contributed by atoms with E-state index in [0.717, 1.165) is 38.4 Å². The van der Waals surface area contributed by atoms with Crippen LogP contribution in [0.4, 0.5) is 0 Å². The van der Waals surface area contributed by atoms with E-state index < -0.39 is 39.3 Å². The molecule has 2 N–H and O–H groups in total. The van der Waals surface area contributed by atoms with Crippen molar-refractivity contribution in [1.82, 2.24) is 4.98 Å². The molecule has 0 amide bonds. The largest absolute Gasteiger partial charge is 0.504 e. The number of aromatic nitrogens is 1. The summed E-state index contributed by atoms with van der Waals surface area (Å²) in [6.45, 7) is 6.98. The smallest absolute Gasteiger partial charge is 0.455 e. The Labute approximate surface area is 367 Å². The number of ketones is 2. The number of Topliss-reactive ketones (excluding diaryl/α,β-unsaturated/α-hetero) is 2. The van der Waals surface area contributed by atoms with E-state index in [4.69, 9.17) is 18.8 Å². The lowest BCUT2D eigenvalue weighted by Gasteiger charge is -2.48. The first-order valence-corrected chi connectivity index (χ1v) is 23.6. The highest BCUT2D eigenvalue weighted by atomic mass is 127. The quantitative estimate of drug-likeness (QED) is 0.0768. The fraction of sp³-hybridized carbons (Fsp3) is 0.286. The molecule has 0 radical (unpaired) electrons. The lowest BCUT2D eigenvalue weighted by Crippen LogP contribution is -2.66. The first-order chi connectivity index (χ1) is 28.9. The van der Waals surface area contributed by atoms with Crippen LogP contribution in [-0.4, -0.2) is 61.9 Å². The van der Waals surface area contributed by atoms with Crippen LogP contribution in [0, 0.1) is 21.3 Å². The summed E-state index contributed by atoms with van der Waals surface area (Å²) in [5, 5.41) is 24.1. The summed E-state index contributed by atoms with van der Waals surface area (Å²) in [6.07, 6.45) is 4.77. The van der Waals surface area contributed by atoms with Gasteiger partial charge in [-0.25, -0.2) is 0 Å². The minimum absolute atomic E-state index is 0.0333. The van der Waals surface area contributed by atoms with Crippen LogP contribution >= 0.6 is 22.6 Å². The molecule has 2 heterocycles. The summed E-state index contributed by atoms with van der Waals surface area (Å²) in [7, 11) is -2.62. The minimum atomic E-state index is -3.02. The SMILES string of the molecule is COc1cc(/C=C(/CC[C@H]2OB(O)C[C@H]3C2=C(CO[Si](c2ccccc2)(c2ccccc2)C(C)(C)C)C[C@H]2C(=O)c4ccccc4C(=O)[C@H]23)c2ccccn2)cc(I)c1O. The normalized spacial score (nSPS) is 20.7. The predicted molar refractivity (Wildman–Crippen MR) is 247 cm³/mol. The maximum absolute atomic E-state index is 14.6. The van der Waals surface area contributed by atoms with E-state index in [-0.39, 0.29) is 35.3 Å². The van der Waals surface area contributed by atoms with Gasteiger partial charge in [0, 0.05) is 29.2 Å². The van der Waals surface area contributed by atoms with Gasteiger partial charge in [0.15, 0.2) is 23.1 Å². The van der Waals surface area contributed by atoms with Crippen molar-refractivity contribution in [3.63, 3.8) is 0 Å². The second-order valence-electron chi connectivity index (χ2n) is 17.0. The third-order valence-electron chi connectivity index (χ3n) is 12.5. The summed E-state index contributed by atoms with van der Waals surface area (Å²) in [5.74, 6) is -1.27. The number of benzene rings is 4. The van der Waals surface area contributed by atoms with E-state index in [9.17, 15) is 19.7 Å². The molecule has 4 aromatic carbocycles. The highest BCUT2D eigenvalue weighted by Crippen LogP contribution is 2.52. The van der Waals surface area contributed by atoms with Gasteiger partial charge in [0.2, 0.25) is 0 Å². The molecule has 4 atom stereocenters. The van der Waals surface area contributed by atoms with Gasteiger partial charge in [0.25, 0.3) is 8.32 Å². The van der Waals surface area contributed by atoms with Gasteiger partial charge in [-0.15, -0.1) is 0 Å². The molecule has 2 aliphatic carbocycles. The van der Waals surface area contributed by atoms with Crippen molar-refractivity contribution in [3.8, 4) is 11.5 Å². The third-order valence-corrected chi connectivity index (χ3v) is 18.3. The third kappa shape index (κ3) is 7.86. The predicted octanol–water partition coefficient (Wildman–Crippen LogP) is 8.81. The first-order valence-electron chi connectivity index (χ1n) is 20.6. The van der Waals surface area contributed by atoms with Gasteiger partial charge in [-0.05, 0) is 122 Å². The molecule has 1 aliphatic heterocycles. The monoisotopic (exact) mass is 929 g/mol. The van der Waals surface area contributed by atoms with Crippen LogP contribution in [0.1, 0.15) is 72.0 Å². The zero-order valence-corrected chi connectivity index (χ0v) is 37.5. The molecular weight excluding hydrogens is 880 g/mol. The first kappa shape index (κ1) is 42.0. The number of hydrogen-bond donors (Lipinski definition) is 2. The minimum Gasteiger partial charge on any atom is -0.504 e. The molecule has 1 saturated heterocycles. The topological polar surface area (TPSA) is 115 Å². The number of allylic oxidation sites excluding steroid dienone is 1. The number of nitrogens with zero attached hydrogens (tertiary/aromatic N) is 1. The number of carbonyl (C=O) groups excluding carboxylic acids is 2. The van der Waals surface area contributed by atoms with E-state index in [1.54, 1.807) is 24.4 Å². The highest BCUT2D eigenvalue weighted by molar-refractivity contribution is 14.1. The Kier molecular flexibility index (Phi) is 12.2. The molecule has 0 spiro atoms.